The van der Waals surface area contributed by atoms with E-state index in [0.29, 0.717) is 38.4 Å². The summed E-state index contributed by atoms with van der Waals surface area (Å²) in [6, 6.07) is 6.03. The maximum absolute atomic E-state index is 13.2. The molecule has 0 saturated heterocycles. The Hall–Kier alpha value is -3.02. The normalized spacial score (nSPS) is 10.9. The van der Waals surface area contributed by atoms with Crippen LogP contribution >= 0.6 is 34.9 Å². The fourth-order valence-electron chi connectivity index (χ4n) is 2.89. The monoisotopic (exact) mass is 472 g/mol. The highest BCUT2D eigenvalue weighted by molar-refractivity contribution is 7.71. The number of thiazole rings is 2. The first-order valence-electron chi connectivity index (χ1n) is 9.18. The van der Waals surface area contributed by atoms with Crippen molar-refractivity contribution < 1.29 is 9.18 Å². The minimum absolute atomic E-state index is 0.279. The van der Waals surface area contributed by atoms with Gasteiger partial charge < -0.3 is 0 Å². The van der Waals surface area contributed by atoms with E-state index in [1.807, 2.05) is 9.95 Å². The molecule has 0 bridgehead atoms. The van der Waals surface area contributed by atoms with Crippen molar-refractivity contribution in [2.24, 2.45) is 0 Å². The zero-order chi connectivity index (χ0) is 22.0. The summed E-state index contributed by atoms with van der Waals surface area (Å²) in [6.07, 6.45) is 2.22. The number of carbonyl (C=O) groups excluding carboxylic acids is 1. The van der Waals surface area contributed by atoms with Crippen molar-refractivity contribution in [2.75, 3.05) is 5.32 Å². The van der Waals surface area contributed by atoms with Gasteiger partial charge in [0.15, 0.2) is 9.90 Å². The average molecular weight is 473 g/mol. The molecule has 31 heavy (non-hydrogen) atoms. The molecular weight excluding hydrogens is 455 g/mol. The van der Waals surface area contributed by atoms with Crippen LogP contribution in [0.5, 0.6) is 0 Å². The van der Waals surface area contributed by atoms with Crippen molar-refractivity contribution in [3.05, 3.63) is 75.0 Å². The smallest absolute Gasteiger partial charge is 0.269 e. The molecule has 0 saturated carbocycles. The minimum Gasteiger partial charge on any atom is -0.300 e. The van der Waals surface area contributed by atoms with Crippen molar-refractivity contribution in [1.29, 1.82) is 0 Å². The Kier molecular flexibility index (Phi) is 6.16. The van der Waals surface area contributed by atoms with Crippen LogP contribution < -0.4 is 5.32 Å². The number of benzene rings is 1. The molecule has 0 aliphatic heterocycles. The summed E-state index contributed by atoms with van der Waals surface area (Å²) in [7, 11) is 0. The second-order valence-corrected chi connectivity index (χ2v) is 8.80. The molecule has 0 unspecified atom stereocenters. The third-order valence-corrected chi connectivity index (χ3v) is 6.68. The first-order chi connectivity index (χ1) is 14.9. The fourth-order valence-corrected chi connectivity index (χ4v) is 4.78. The largest absolute Gasteiger partial charge is 0.300 e. The molecule has 1 amide bonds. The van der Waals surface area contributed by atoms with Gasteiger partial charge in [-0.1, -0.05) is 6.08 Å². The third kappa shape index (κ3) is 4.68. The van der Waals surface area contributed by atoms with E-state index in [1.54, 1.807) is 25.1 Å². The predicted molar refractivity (Wildman–Crippen MR) is 123 cm³/mol. The van der Waals surface area contributed by atoms with Crippen LogP contribution in [-0.4, -0.2) is 30.6 Å². The molecule has 0 aliphatic rings. The van der Waals surface area contributed by atoms with Gasteiger partial charge in [-0.05, 0) is 43.4 Å². The second-order valence-electron chi connectivity index (χ2n) is 6.56. The number of aromatic amines is 1. The maximum Gasteiger partial charge on any atom is 0.269 e. The van der Waals surface area contributed by atoms with Crippen LogP contribution in [0.3, 0.4) is 0 Å². The van der Waals surface area contributed by atoms with Crippen molar-refractivity contribution in [2.45, 2.75) is 19.9 Å². The lowest BCUT2D eigenvalue weighted by Crippen LogP contribution is -2.11. The van der Waals surface area contributed by atoms with Crippen molar-refractivity contribution in [1.82, 2.24) is 24.7 Å². The zero-order valence-corrected chi connectivity index (χ0v) is 18.8. The van der Waals surface area contributed by atoms with Gasteiger partial charge in [0.1, 0.15) is 21.5 Å². The van der Waals surface area contributed by atoms with Crippen LogP contribution in [0.2, 0.25) is 0 Å². The number of amides is 1. The highest BCUT2D eigenvalue weighted by Crippen LogP contribution is 2.29. The molecule has 4 aromatic rings. The highest BCUT2D eigenvalue weighted by atomic mass is 32.1. The summed E-state index contributed by atoms with van der Waals surface area (Å²) in [5, 5.41) is 12.9. The van der Waals surface area contributed by atoms with Gasteiger partial charge in [0.2, 0.25) is 0 Å². The Bertz CT molecular complexity index is 1300. The molecule has 0 atom stereocenters. The van der Waals surface area contributed by atoms with Gasteiger partial charge >= 0.3 is 0 Å². The van der Waals surface area contributed by atoms with Crippen LogP contribution in [-0.2, 0) is 13.0 Å². The minimum atomic E-state index is -0.316. The number of nitrogens with zero attached hydrogens (tertiary/aromatic N) is 4. The van der Waals surface area contributed by atoms with Crippen LogP contribution in [0.1, 0.15) is 26.9 Å². The maximum atomic E-state index is 13.2. The molecule has 0 aliphatic carbocycles. The molecular formula is C20H17FN6OS3. The fraction of sp³-hybridized carbons (Fsp3) is 0.150. The van der Waals surface area contributed by atoms with Crippen molar-refractivity contribution in [3.8, 4) is 10.6 Å². The van der Waals surface area contributed by atoms with Gasteiger partial charge in [-0.2, -0.15) is 5.10 Å². The number of aromatic nitrogens is 5. The molecule has 3 aromatic heterocycles. The topological polar surface area (TPSA) is 88.5 Å². The average Bonchev–Trinajstić information content (AvgIpc) is 3.44. The van der Waals surface area contributed by atoms with Crippen molar-refractivity contribution in [3.63, 3.8) is 0 Å². The number of allylic oxidation sites excluding steroid dienone is 1. The summed E-state index contributed by atoms with van der Waals surface area (Å²) in [5.74, 6) is 0.150. The first-order valence-corrected chi connectivity index (χ1v) is 11.3. The van der Waals surface area contributed by atoms with Gasteiger partial charge in [0.05, 0.1) is 17.8 Å². The van der Waals surface area contributed by atoms with E-state index in [4.69, 9.17) is 12.2 Å². The number of nitrogens with one attached hydrogen (secondary N) is 2. The Morgan fingerprint density at radius 1 is 1.35 bits per heavy atom. The SMILES string of the molecule is C=CCn1c(Cc2csc(NC(=O)c3sc(-c4ccc(F)cc4)nc3C)n2)n[nH]c1=S. The van der Waals surface area contributed by atoms with Gasteiger partial charge in [0.25, 0.3) is 5.91 Å². The third-order valence-electron chi connectivity index (χ3n) is 4.35. The lowest BCUT2D eigenvalue weighted by atomic mass is 10.2. The predicted octanol–water partition coefficient (Wildman–Crippen LogP) is 5.00. The van der Waals surface area contributed by atoms with Crippen LogP contribution in [0.25, 0.3) is 10.6 Å². The Labute approximate surface area is 190 Å². The molecule has 11 heteroatoms. The van der Waals surface area contributed by atoms with E-state index in [-0.39, 0.29) is 11.7 Å². The Morgan fingerprint density at radius 2 is 2.13 bits per heavy atom. The summed E-state index contributed by atoms with van der Waals surface area (Å²) >= 11 is 7.82. The van der Waals surface area contributed by atoms with Crippen LogP contribution in [0.4, 0.5) is 9.52 Å². The van der Waals surface area contributed by atoms with Gasteiger partial charge in [0, 0.05) is 17.5 Å². The summed E-state index contributed by atoms with van der Waals surface area (Å²) in [4.78, 5) is 22.2. The number of aryl methyl sites for hydroxylation is 1. The molecule has 0 radical (unpaired) electrons. The molecule has 2 N–H and O–H groups in total. The Balaban J connectivity index is 1.48. The van der Waals surface area contributed by atoms with E-state index in [1.165, 1.54) is 34.8 Å². The van der Waals surface area contributed by atoms with Gasteiger partial charge in [-0.3, -0.25) is 19.8 Å². The standard InChI is InChI=1S/C20H17FN6OS3/c1-3-8-27-15(25-26-20(27)29)9-14-10-30-19(23-14)24-17(28)16-11(2)22-18(31-16)12-4-6-13(21)7-5-12/h3-7,10H,1,8-9H2,2H3,(H,26,29)(H,23,24,28). The molecule has 7 nitrogen and oxygen atoms in total. The first kappa shape index (κ1) is 21.2. The summed E-state index contributed by atoms with van der Waals surface area (Å²) in [5.41, 5.74) is 2.14. The molecule has 3 heterocycles. The molecule has 0 spiro atoms. The Morgan fingerprint density at radius 3 is 2.87 bits per heavy atom. The number of halogens is 1. The zero-order valence-electron chi connectivity index (χ0n) is 16.4. The van der Waals surface area contributed by atoms with E-state index < -0.39 is 0 Å². The summed E-state index contributed by atoms with van der Waals surface area (Å²) in [6.45, 7) is 6.06. The van der Waals surface area contributed by atoms with Crippen molar-refractivity contribution >= 4 is 45.9 Å². The van der Waals surface area contributed by atoms with E-state index in [9.17, 15) is 9.18 Å². The lowest BCUT2D eigenvalue weighted by Gasteiger charge is -2.02. The molecule has 1 aromatic carbocycles. The highest BCUT2D eigenvalue weighted by Gasteiger charge is 2.18. The van der Waals surface area contributed by atoms with Crippen LogP contribution in [0, 0.1) is 17.5 Å². The number of hydrogen-bond donors (Lipinski definition) is 2. The summed E-state index contributed by atoms with van der Waals surface area (Å²) < 4.78 is 15.5. The molecule has 158 valence electrons. The second kappa shape index (κ2) is 9.00. The van der Waals surface area contributed by atoms with E-state index in [2.05, 4.69) is 32.1 Å². The van der Waals surface area contributed by atoms with Crippen LogP contribution in [0.15, 0.2) is 42.3 Å². The lowest BCUT2D eigenvalue weighted by molar-refractivity contribution is 0.103. The quantitative estimate of drug-likeness (QED) is 0.292. The van der Waals surface area contributed by atoms with E-state index >= 15 is 0 Å². The van der Waals surface area contributed by atoms with E-state index in [0.717, 1.165) is 17.1 Å². The number of rotatable bonds is 7. The molecule has 0 fully saturated rings. The molecule has 4 rings (SSSR count). The van der Waals surface area contributed by atoms with Gasteiger partial charge in [-0.15, -0.1) is 29.3 Å². The number of H-pyrrole nitrogens is 1. The van der Waals surface area contributed by atoms with Gasteiger partial charge in [-0.25, -0.2) is 14.4 Å². The number of anilines is 1. The number of carbonyl (C=O) groups is 1. The number of hydrogen-bond acceptors (Lipinski definition) is 7.